The van der Waals surface area contributed by atoms with Crippen LogP contribution in [-0.4, -0.2) is 43.2 Å². The second-order valence-electron chi connectivity index (χ2n) is 5.65. The van der Waals surface area contributed by atoms with Gasteiger partial charge in [-0.1, -0.05) is 12.8 Å². The summed E-state index contributed by atoms with van der Waals surface area (Å²) in [6.07, 6.45) is 5.41. The lowest BCUT2D eigenvalue weighted by Crippen LogP contribution is -2.38. The van der Waals surface area contributed by atoms with Gasteiger partial charge in [0.2, 0.25) is 5.91 Å². The molecule has 1 amide bonds. The Morgan fingerprint density at radius 3 is 2.67 bits per heavy atom. The van der Waals surface area contributed by atoms with Crippen molar-refractivity contribution < 1.29 is 9.53 Å². The third-order valence-corrected chi connectivity index (χ3v) is 3.71. The van der Waals surface area contributed by atoms with Crippen LogP contribution < -0.4 is 5.73 Å². The molecule has 1 saturated carbocycles. The maximum Gasteiger partial charge on any atom is 0.222 e. The van der Waals surface area contributed by atoms with Gasteiger partial charge in [-0.3, -0.25) is 4.79 Å². The highest BCUT2D eigenvalue weighted by molar-refractivity contribution is 5.76. The molecule has 2 N–H and O–H groups in total. The predicted molar refractivity (Wildman–Crippen MR) is 73.3 cm³/mol. The van der Waals surface area contributed by atoms with Gasteiger partial charge in [-0.25, -0.2) is 0 Å². The molecule has 1 rings (SSSR count). The van der Waals surface area contributed by atoms with E-state index in [1.54, 1.807) is 4.90 Å². The van der Waals surface area contributed by atoms with Gasteiger partial charge in [0.25, 0.3) is 0 Å². The zero-order valence-corrected chi connectivity index (χ0v) is 12.0. The zero-order chi connectivity index (χ0) is 13.5. The van der Waals surface area contributed by atoms with Gasteiger partial charge in [-0.15, -0.1) is 0 Å². The van der Waals surface area contributed by atoms with Crippen LogP contribution in [0.15, 0.2) is 0 Å². The van der Waals surface area contributed by atoms with Crippen molar-refractivity contribution in [3.8, 4) is 0 Å². The van der Waals surface area contributed by atoms with Crippen molar-refractivity contribution in [2.45, 2.75) is 58.1 Å². The molecule has 2 unspecified atom stereocenters. The number of ether oxygens (including phenoxy) is 1. The van der Waals surface area contributed by atoms with Crippen LogP contribution in [0.1, 0.15) is 46.0 Å². The van der Waals surface area contributed by atoms with Crippen molar-refractivity contribution >= 4 is 5.91 Å². The van der Waals surface area contributed by atoms with Crippen molar-refractivity contribution in [1.82, 2.24) is 4.90 Å². The Morgan fingerprint density at radius 1 is 1.39 bits per heavy atom. The average molecular weight is 256 g/mol. The van der Waals surface area contributed by atoms with E-state index in [4.69, 9.17) is 10.5 Å². The second-order valence-corrected chi connectivity index (χ2v) is 5.65. The standard InChI is InChI=1S/C14H28N2O2/c1-11(2)18-9-8-16(3)14(17)10-12-6-4-5-7-13(12)15/h11-13H,4-10,15H2,1-3H3. The Balaban J connectivity index is 2.26. The van der Waals surface area contributed by atoms with Gasteiger partial charge >= 0.3 is 0 Å². The Hall–Kier alpha value is -0.610. The number of likely N-dealkylation sites (N-methyl/N-ethyl adjacent to an activating group) is 1. The first-order valence-corrected chi connectivity index (χ1v) is 7.12. The van der Waals surface area contributed by atoms with E-state index in [1.165, 1.54) is 12.8 Å². The summed E-state index contributed by atoms with van der Waals surface area (Å²) in [7, 11) is 1.85. The molecule has 2 atom stereocenters. The number of hydrogen-bond donors (Lipinski definition) is 1. The molecule has 4 nitrogen and oxygen atoms in total. The van der Waals surface area contributed by atoms with Gasteiger partial charge in [0.1, 0.15) is 0 Å². The summed E-state index contributed by atoms with van der Waals surface area (Å²) in [5, 5.41) is 0. The summed E-state index contributed by atoms with van der Waals surface area (Å²) >= 11 is 0. The Morgan fingerprint density at radius 2 is 2.06 bits per heavy atom. The minimum Gasteiger partial charge on any atom is -0.377 e. The molecule has 0 aromatic rings. The molecule has 1 fully saturated rings. The third kappa shape index (κ3) is 5.36. The van der Waals surface area contributed by atoms with Crippen LogP contribution in [0.4, 0.5) is 0 Å². The van der Waals surface area contributed by atoms with E-state index < -0.39 is 0 Å². The number of carbonyl (C=O) groups is 1. The molecule has 0 bridgehead atoms. The quantitative estimate of drug-likeness (QED) is 0.788. The zero-order valence-electron chi connectivity index (χ0n) is 12.0. The Kier molecular flexibility index (Phi) is 6.65. The van der Waals surface area contributed by atoms with Crippen LogP contribution in [0.25, 0.3) is 0 Å². The van der Waals surface area contributed by atoms with E-state index in [1.807, 2.05) is 20.9 Å². The maximum absolute atomic E-state index is 12.0. The highest BCUT2D eigenvalue weighted by Gasteiger charge is 2.25. The smallest absolute Gasteiger partial charge is 0.222 e. The summed E-state index contributed by atoms with van der Waals surface area (Å²) in [6.45, 7) is 5.28. The van der Waals surface area contributed by atoms with Crippen LogP contribution in [0.2, 0.25) is 0 Å². The van der Waals surface area contributed by atoms with Gasteiger partial charge in [0.05, 0.1) is 12.7 Å². The first-order valence-electron chi connectivity index (χ1n) is 7.12. The summed E-state index contributed by atoms with van der Waals surface area (Å²) in [6, 6.07) is 0.211. The molecule has 0 aromatic carbocycles. The average Bonchev–Trinajstić information content (AvgIpc) is 2.31. The second kappa shape index (κ2) is 7.74. The molecule has 0 radical (unpaired) electrons. The summed E-state index contributed by atoms with van der Waals surface area (Å²) in [5.74, 6) is 0.574. The number of nitrogens with two attached hydrogens (primary N) is 1. The Labute approximate surface area is 111 Å². The van der Waals surface area contributed by atoms with E-state index in [2.05, 4.69) is 0 Å². The fraction of sp³-hybridized carbons (Fsp3) is 0.929. The number of amides is 1. The van der Waals surface area contributed by atoms with Crippen LogP contribution in [0.3, 0.4) is 0 Å². The van der Waals surface area contributed by atoms with Crippen molar-refractivity contribution in [3.05, 3.63) is 0 Å². The van der Waals surface area contributed by atoms with E-state index in [9.17, 15) is 4.79 Å². The molecule has 0 spiro atoms. The van der Waals surface area contributed by atoms with E-state index in [0.717, 1.165) is 12.8 Å². The van der Waals surface area contributed by atoms with Crippen LogP contribution in [0, 0.1) is 5.92 Å². The summed E-state index contributed by atoms with van der Waals surface area (Å²) < 4.78 is 5.46. The normalized spacial score (nSPS) is 24.3. The van der Waals surface area contributed by atoms with Gasteiger partial charge in [-0.05, 0) is 32.6 Å². The number of rotatable bonds is 6. The molecule has 18 heavy (non-hydrogen) atoms. The maximum atomic E-state index is 12.0. The molecule has 1 aliphatic carbocycles. The van der Waals surface area contributed by atoms with E-state index in [0.29, 0.717) is 25.5 Å². The van der Waals surface area contributed by atoms with Gasteiger partial charge < -0.3 is 15.4 Å². The largest absolute Gasteiger partial charge is 0.377 e. The molecule has 4 heteroatoms. The minimum atomic E-state index is 0.199. The first kappa shape index (κ1) is 15.4. The number of carbonyl (C=O) groups excluding carboxylic acids is 1. The Bertz CT molecular complexity index is 256. The number of nitrogens with zero attached hydrogens (tertiary/aromatic N) is 1. The molecule has 1 aliphatic rings. The van der Waals surface area contributed by atoms with Crippen molar-refractivity contribution in [2.75, 3.05) is 20.2 Å². The molecule has 0 aromatic heterocycles. The number of hydrogen-bond acceptors (Lipinski definition) is 3. The minimum absolute atomic E-state index is 0.199. The fourth-order valence-corrected chi connectivity index (χ4v) is 2.42. The predicted octanol–water partition coefficient (Wildman–Crippen LogP) is 1.78. The lowest BCUT2D eigenvalue weighted by Gasteiger charge is -2.29. The molecule has 0 saturated heterocycles. The molecule has 106 valence electrons. The van der Waals surface area contributed by atoms with Crippen LogP contribution >= 0.6 is 0 Å². The molecular weight excluding hydrogens is 228 g/mol. The first-order chi connectivity index (χ1) is 8.50. The molecule has 0 aliphatic heterocycles. The lowest BCUT2D eigenvalue weighted by molar-refractivity contribution is -0.132. The monoisotopic (exact) mass is 256 g/mol. The van der Waals surface area contributed by atoms with E-state index in [-0.39, 0.29) is 18.1 Å². The SMILES string of the molecule is CC(C)OCCN(C)C(=O)CC1CCCCC1N. The van der Waals surface area contributed by atoms with Crippen LogP contribution in [-0.2, 0) is 9.53 Å². The summed E-state index contributed by atoms with van der Waals surface area (Å²) in [5.41, 5.74) is 6.07. The fourth-order valence-electron chi connectivity index (χ4n) is 2.42. The topological polar surface area (TPSA) is 55.6 Å². The van der Waals surface area contributed by atoms with Crippen molar-refractivity contribution in [2.24, 2.45) is 11.7 Å². The van der Waals surface area contributed by atoms with Crippen molar-refractivity contribution in [1.29, 1.82) is 0 Å². The lowest BCUT2D eigenvalue weighted by atomic mass is 9.83. The van der Waals surface area contributed by atoms with E-state index >= 15 is 0 Å². The van der Waals surface area contributed by atoms with Gasteiger partial charge in [-0.2, -0.15) is 0 Å². The van der Waals surface area contributed by atoms with Gasteiger partial charge in [0.15, 0.2) is 0 Å². The summed E-state index contributed by atoms with van der Waals surface area (Å²) in [4.78, 5) is 13.8. The van der Waals surface area contributed by atoms with Crippen molar-refractivity contribution in [3.63, 3.8) is 0 Å². The molecule has 0 heterocycles. The highest BCUT2D eigenvalue weighted by Crippen LogP contribution is 2.26. The molecular formula is C14H28N2O2. The van der Waals surface area contributed by atoms with Crippen LogP contribution in [0.5, 0.6) is 0 Å². The van der Waals surface area contributed by atoms with Gasteiger partial charge in [0, 0.05) is 26.1 Å². The highest BCUT2D eigenvalue weighted by atomic mass is 16.5. The third-order valence-electron chi connectivity index (χ3n) is 3.71.